The highest BCUT2D eigenvalue weighted by molar-refractivity contribution is 7.14. The minimum absolute atomic E-state index is 0.0612. The molecular weight excluding hydrogens is 324 g/mol. The van der Waals surface area contributed by atoms with Gasteiger partial charge in [0.05, 0.1) is 5.69 Å². The smallest absolute Gasteiger partial charge is 0.251 e. The number of aromatic amines is 1. The Balaban J connectivity index is 2.36. The van der Waals surface area contributed by atoms with E-state index in [4.69, 9.17) is 0 Å². The lowest BCUT2D eigenvalue weighted by Crippen LogP contribution is -2.22. The summed E-state index contributed by atoms with van der Waals surface area (Å²) in [5, 5.41) is 2.53. The second kappa shape index (κ2) is 8.01. The summed E-state index contributed by atoms with van der Waals surface area (Å²) >= 11 is 1.41. The fourth-order valence-corrected chi connectivity index (χ4v) is 2.98. The summed E-state index contributed by atoms with van der Waals surface area (Å²) in [6.07, 6.45) is 4.34. The van der Waals surface area contributed by atoms with E-state index in [1.165, 1.54) is 23.2 Å². The molecule has 0 aromatic carbocycles. The van der Waals surface area contributed by atoms with Crippen LogP contribution in [0, 0.1) is 0 Å². The Morgan fingerprint density at radius 1 is 1.38 bits per heavy atom. The molecule has 1 amide bonds. The SMILES string of the molecule is CCCc1cc(=O)[nH]c(/C(=C/c2csc(N(C)C(C)=O)n2)CC)n1. The molecular formula is C17H22N4O2S. The van der Waals surface area contributed by atoms with Gasteiger partial charge in [-0.1, -0.05) is 20.3 Å². The van der Waals surface area contributed by atoms with Crippen LogP contribution in [0.3, 0.4) is 0 Å². The summed E-state index contributed by atoms with van der Waals surface area (Å²) in [6.45, 7) is 5.57. The quantitative estimate of drug-likeness (QED) is 0.871. The maximum absolute atomic E-state index is 11.8. The van der Waals surface area contributed by atoms with Crippen LogP contribution in [0.5, 0.6) is 0 Å². The molecule has 2 aromatic rings. The predicted molar refractivity (Wildman–Crippen MR) is 98.2 cm³/mol. The number of allylic oxidation sites excluding steroid dienone is 1. The van der Waals surface area contributed by atoms with E-state index in [1.807, 2.05) is 18.4 Å². The number of hydrogen-bond acceptors (Lipinski definition) is 5. The Morgan fingerprint density at radius 3 is 2.75 bits per heavy atom. The molecule has 2 heterocycles. The molecule has 0 saturated heterocycles. The van der Waals surface area contributed by atoms with Crippen molar-refractivity contribution in [1.82, 2.24) is 15.0 Å². The van der Waals surface area contributed by atoms with E-state index in [1.54, 1.807) is 13.1 Å². The first-order valence-corrected chi connectivity index (χ1v) is 8.83. The number of H-pyrrole nitrogens is 1. The minimum atomic E-state index is -0.141. The monoisotopic (exact) mass is 346 g/mol. The van der Waals surface area contributed by atoms with Crippen LogP contribution < -0.4 is 10.5 Å². The van der Waals surface area contributed by atoms with Crippen LogP contribution in [0.15, 0.2) is 16.2 Å². The van der Waals surface area contributed by atoms with E-state index < -0.39 is 0 Å². The van der Waals surface area contributed by atoms with Gasteiger partial charge >= 0.3 is 0 Å². The highest BCUT2D eigenvalue weighted by Crippen LogP contribution is 2.23. The van der Waals surface area contributed by atoms with Crippen molar-refractivity contribution in [3.05, 3.63) is 39.0 Å². The van der Waals surface area contributed by atoms with Gasteiger partial charge in [-0.15, -0.1) is 11.3 Å². The average molecular weight is 346 g/mol. The van der Waals surface area contributed by atoms with Crippen molar-refractivity contribution in [1.29, 1.82) is 0 Å². The van der Waals surface area contributed by atoms with Crippen LogP contribution in [-0.4, -0.2) is 27.9 Å². The van der Waals surface area contributed by atoms with Crippen molar-refractivity contribution < 1.29 is 4.79 Å². The van der Waals surface area contributed by atoms with Crippen LogP contribution in [0.2, 0.25) is 0 Å². The first-order valence-electron chi connectivity index (χ1n) is 7.95. The molecule has 0 aliphatic carbocycles. The third kappa shape index (κ3) is 4.38. The maximum Gasteiger partial charge on any atom is 0.251 e. The lowest BCUT2D eigenvalue weighted by Gasteiger charge is -2.09. The van der Waals surface area contributed by atoms with Crippen LogP contribution in [0.1, 0.15) is 50.8 Å². The summed E-state index contributed by atoms with van der Waals surface area (Å²) in [7, 11) is 1.70. The summed E-state index contributed by atoms with van der Waals surface area (Å²) in [5.74, 6) is 0.525. The Bertz CT molecular complexity index is 807. The zero-order chi connectivity index (χ0) is 17.7. The minimum Gasteiger partial charge on any atom is -0.307 e. The number of aromatic nitrogens is 3. The van der Waals surface area contributed by atoms with Gasteiger partial charge in [0, 0.05) is 31.1 Å². The Kier molecular flexibility index (Phi) is 6.03. The van der Waals surface area contributed by atoms with Crippen molar-refractivity contribution in [2.75, 3.05) is 11.9 Å². The zero-order valence-electron chi connectivity index (χ0n) is 14.4. The molecule has 0 radical (unpaired) electrons. The predicted octanol–water partition coefficient (Wildman–Crippen LogP) is 3.11. The number of anilines is 1. The van der Waals surface area contributed by atoms with Gasteiger partial charge in [0.2, 0.25) is 5.91 Å². The number of hydrogen-bond donors (Lipinski definition) is 1. The number of aryl methyl sites for hydroxylation is 1. The Hall–Kier alpha value is -2.28. The fraction of sp³-hybridized carbons (Fsp3) is 0.412. The van der Waals surface area contributed by atoms with Crippen molar-refractivity contribution in [2.24, 2.45) is 0 Å². The molecule has 128 valence electrons. The topological polar surface area (TPSA) is 79.0 Å². The molecule has 0 bridgehead atoms. The summed E-state index contributed by atoms with van der Waals surface area (Å²) in [5.41, 5.74) is 2.32. The first kappa shape index (κ1) is 18.1. The molecule has 0 aliphatic heterocycles. The number of carbonyl (C=O) groups excluding carboxylic acids is 1. The van der Waals surface area contributed by atoms with Gasteiger partial charge in [0.15, 0.2) is 5.13 Å². The van der Waals surface area contributed by atoms with Crippen LogP contribution >= 0.6 is 11.3 Å². The molecule has 1 N–H and O–H groups in total. The van der Waals surface area contributed by atoms with Crippen molar-refractivity contribution in [2.45, 2.75) is 40.0 Å². The lowest BCUT2D eigenvalue weighted by atomic mass is 10.1. The number of rotatable bonds is 6. The van der Waals surface area contributed by atoms with Gasteiger partial charge in [-0.25, -0.2) is 9.97 Å². The van der Waals surface area contributed by atoms with Crippen molar-refractivity contribution in [3.8, 4) is 0 Å². The molecule has 2 rings (SSSR count). The molecule has 0 spiro atoms. The van der Waals surface area contributed by atoms with Gasteiger partial charge < -0.3 is 4.98 Å². The van der Waals surface area contributed by atoms with E-state index in [-0.39, 0.29) is 11.5 Å². The van der Waals surface area contributed by atoms with Crippen molar-refractivity contribution in [3.63, 3.8) is 0 Å². The second-order valence-electron chi connectivity index (χ2n) is 5.49. The van der Waals surface area contributed by atoms with Gasteiger partial charge in [0.25, 0.3) is 5.56 Å². The highest BCUT2D eigenvalue weighted by Gasteiger charge is 2.11. The maximum atomic E-state index is 11.8. The van der Waals surface area contributed by atoms with Crippen LogP contribution in [0.4, 0.5) is 5.13 Å². The van der Waals surface area contributed by atoms with Gasteiger partial charge in [-0.05, 0) is 24.5 Å². The molecule has 0 atom stereocenters. The van der Waals surface area contributed by atoms with E-state index in [0.29, 0.717) is 17.4 Å². The fourth-order valence-electron chi connectivity index (χ4n) is 2.19. The van der Waals surface area contributed by atoms with E-state index in [9.17, 15) is 9.59 Å². The van der Waals surface area contributed by atoms with Crippen LogP contribution in [-0.2, 0) is 11.2 Å². The van der Waals surface area contributed by atoms with Crippen LogP contribution in [0.25, 0.3) is 11.6 Å². The summed E-state index contributed by atoms with van der Waals surface area (Å²) in [4.78, 5) is 36.6. The third-order valence-corrected chi connectivity index (χ3v) is 4.51. The molecule has 24 heavy (non-hydrogen) atoms. The standard InChI is InChI=1S/C17H22N4O2S/c1-5-7-13-9-15(23)20-16(18-13)12(6-2)8-14-10-24-17(19-14)21(4)11(3)22/h8-10H,5-7H2,1-4H3,(H,18,20,23)/b12-8+. The normalized spacial score (nSPS) is 11.6. The zero-order valence-corrected chi connectivity index (χ0v) is 15.2. The molecule has 0 saturated carbocycles. The van der Waals surface area contributed by atoms with Gasteiger partial charge in [0.1, 0.15) is 5.82 Å². The first-order chi connectivity index (χ1) is 11.4. The molecule has 0 fully saturated rings. The average Bonchev–Trinajstić information content (AvgIpc) is 3.00. The second-order valence-corrected chi connectivity index (χ2v) is 6.33. The number of thiazole rings is 1. The Labute approximate surface area is 145 Å². The summed E-state index contributed by atoms with van der Waals surface area (Å²) in [6, 6.07) is 1.54. The van der Waals surface area contributed by atoms with Crippen molar-refractivity contribution >= 4 is 34.0 Å². The number of nitrogens with one attached hydrogen (secondary N) is 1. The number of amides is 1. The van der Waals surface area contributed by atoms with E-state index in [2.05, 4.69) is 21.9 Å². The molecule has 6 nitrogen and oxygen atoms in total. The molecule has 2 aromatic heterocycles. The third-order valence-electron chi connectivity index (χ3n) is 3.58. The van der Waals surface area contributed by atoms with Gasteiger partial charge in [-0.3, -0.25) is 14.5 Å². The van der Waals surface area contributed by atoms with E-state index >= 15 is 0 Å². The van der Waals surface area contributed by atoms with E-state index in [0.717, 1.165) is 29.8 Å². The molecule has 0 aliphatic rings. The Morgan fingerprint density at radius 2 is 2.12 bits per heavy atom. The van der Waals surface area contributed by atoms with Gasteiger partial charge in [-0.2, -0.15) is 0 Å². The number of carbonyl (C=O) groups is 1. The number of nitrogens with zero attached hydrogens (tertiary/aromatic N) is 3. The highest BCUT2D eigenvalue weighted by atomic mass is 32.1. The molecule has 7 heteroatoms. The molecule has 0 unspecified atom stereocenters. The summed E-state index contributed by atoms with van der Waals surface area (Å²) < 4.78 is 0. The lowest BCUT2D eigenvalue weighted by molar-refractivity contribution is -0.116. The largest absolute Gasteiger partial charge is 0.307 e.